The van der Waals surface area contributed by atoms with Gasteiger partial charge in [-0.05, 0) is 73.4 Å². The Bertz CT molecular complexity index is 2070. The van der Waals surface area contributed by atoms with E-state index in [-0.39, 0.29) is 38.7 Å². The molecule has 0 spiro atoms. The van der Waals surface area contributed by atoms with E-state index in [1.165, 1.54) is 29.8 Å². The van der Waals surface area contributed by atoms with Gasteiger partial charge in [-0.15, -0.1) is 0 Å². The van der Waals surface area contributed by atoms with Gasteiger partial charge in [-0.3, -0.25) is 19.0 Å². The molecule has 50 heavy (non-hydrogen) atoms. The van der Waals surface area contributed by atoms with Crippen molar-refractivity contribution in [2.45, 2.75) is 57.8 Å². The van der Waals surface area contributed by atoms with E-state index < -0.39 is 70.8 Å². The van der Waals surface area contributed by atoms with Crippen molar-refractivity contribution in [1.29, 1.82) is 0 Å². The van der Waals surface area contributed by atoms with Gasteiger partial charge in [-0.25, -0.2) is 9.59 Å². The van der Waals surface area contributed by atoms with Crippen LogP contribution in [0.2, 0.25) is 10.0 Å². The SMILES string of the molecule is CC(=O)n1cc2c3ccc(cc31)-c1cc(cc(O)c1O)[C@H](C(=O)O)NC(=O)[C@@H](c1cc(Cl)c(O)c(Cl)c1)NC(=O)[C@H](NC(=O)OC(C)(C)C)C2. The summed E-state index contributed by atoms with van der Waals surface area (Å²) in [6, 6.07) is 4.17. The van der Waals surface area contributed by atoms with Crippen LogP contribution in [0.5, 0.6) is 17.2 Å². The lowest BCUT2D eigenvalue weighted by atomic mass is 9.95. The van der Waals surface area contributed by atoms with E-state index in [2.05, 4.69) is 16.0 Å². The first-order chi connectivity index (χ1) is 23.3. The number of nitrogens with zero attached hydrogens (tertiary/aromatic N) is 1. The van der Waals surface area contributed by atoms with Crippen LogP contribution < -0.4 is 16.0 Å². The summed E-state index contributed by atoms with van der Waals surface area (Å²) in [6.45, 7) is 6.16. The van der Waals surface area contributed by atoms with Gasteiger partial charge in [0.05, 0.1) is 15.6 Å². The molecule has 0 saturated carbocycles. The van der Waals surface area contributed by atoms with E-state index >= 15 is 0 Å². The number of aromatic nitrogens is 1. The highest BCUT2D eigenvalue weighted by atomic mass is 35.5. The fourth-order valence-electron chi connectivity index (χ4n) is 5.60. The second-order valence-electron chi connectivity index (χ2n) is 12.7. The molecule has 0 aliphatic carbocycles. The molecule has 0 fully saturated rings. The summed E-state index contributed by atoms with van der Waals surface area (Å²) in [4.78, 5) is 66.5. The van der Waals surface area contributed by atoms with Crippen LogP contribution in [0.4, 0.5) is 4.79 Å². The third kappa shape index (κ3) is 7.26. The summed E-state index contributed by atoms with van der Waals surface area (Å²) in [7, 11) is 0. The number of phenols is 3. The van der Waals surface area contributed by atoms with Crippen molar-refractivity contribution in [2.24, 2.45) is 0 Å². The van der Waals surface area contributed by atoms with Crippen LogP contribution in [0.15, 0.2) is 48.7 Å². The number of aromatic hydroxyl groups is 3. The number of rotatable bonds is 3. The second kappa shape index (κ2) is 13.4. The molecular formula is C34H32Cl2N4O10. The van der Waals surface area contributed by atoms with E-state index in [4.69, 9.17) is 27.9 Å². The molecule has 3 atom stereocenters. The molecule has 2 aliphatic rings. The zero-order chi connectivity index (χ0) is 36.8. The topological polar surface area (TPSA) is 217 Å². The van der Waals surface area contributed by atoms with Gasteiger partial charge in [0.25, 0.3) is 0 Å². The number of carbonyl (C=O) groups excluding carboxylic acids is 4. The number of hydrogen-bond acceptors (Lipinski definition) is 9. The van der Waals surface area contributed by atoms with E-state index in [0.29, 0.717) is 16.5 Å². The summed E-state index contributed by atoms with van der Waals surface area (Å²) < 4.78 is 6.68. The molecule has 7 N–H and O–H groups in total. The normalized spacial score (nSPS) is 18.1. The number of amides is 3. The molecule has 14 nitrogen and oxygen atoms in total. The third-order valence-electron chi connectivity index (χ3n) is 7.87. The first-order valence-corrected chi connectivity index (χ1v) is 15.8. The second-order valence-corrected chi connectivity index (χ2v) is 13.5. The standard InChI is InChI=1S/C34H32Cl2N4O10/c1-14(41)40-13-18-10-23(37-33(49)50-34(2,3)4)30(45)38-26(17-8-21(35)29(44)22(36)9-17)31(46)39-27(32(47)48)16-7-20(28(43)25(42)12-16)15-5-6-19(18)24(40)11-15/h5-9,11-13,23,26-27,42-44H,10H2,1-4H3,(H,37,49)(H,38,45)(H,39,46)(H,47,48)/t23-,26-,27-/m1/s1. The molecule has 4 aromatic rings. The van der Waals surface area contributed by atoms with Crippen molar-refractivity contribution in [3.05, 3.63) is 75.4 Å². The molecule has 262 valence electrons. The molecule has 0 radical (unpaired) electrons. The maximum Gasteiger partial charge on any atom is 0.408 e. The van der Waals surface area contributed by atoms with E-state index in [1.807, 2.05) is 0 Å². The van der Waals surface area contributed by atoms with Crippen molar-refractivity contribution < 1.29 is 49.1 Å². The van der Waals surface area contributed by atoms with Crippen LogP contribution in [0.25, 0.3) is 22.0 Å². The van der Waals surface area contributed by atoms with Crippen molar-refractivity contribution in [1.82, 2.24) is 20.5 Å². The maximum atomic E-state index is 14.1. The van der Waals surface area contributed by atoms with Gasteiger partial charge in [0, 0.05) is 30.5 Å². The number of nitrogens with one attached hydrogen (secondary N) is 3. The number of halogens is 2. The monoisotopic (exact) mass is 726 g/mol. The first kappa shape index (κ1) is 35.8. The van der Waals surface area contributed by atoms with Gasteiger partial charge in [-0.1, -0.05) is 35.3 Å². The number of ether oxygens (including phenoxy) is 1. The summed E-state index contributed by atoms with van der Waals surface area (Å²) in [5.41, 5.74) is -0.168. The number of alkyl carbamates (subject to hydrolysis) is 1. The Labute approximate surface area is 294 Å². The highest BCUT2D eigenvalue weighted by molar-refractivity contribution is 6.37. The van der Waals surface area contributed by atoms with Crippen LogP contribution in [0.1, 0.15) is 61.3 Å². The molecule has 2 aliphatic heterocycles. The Morgan fingerprint density at radius 1 is 0.920 bits per heavy atom. The number of fused-ring (bicyclic) bond motifs is 8. The van der Waals surface area contributed by atoms with Crippen molar-refractivity contribution in [3.8, 4) is 28.4 Å². The lowest BCUT2D eigenvalue weighted by molar-refractivity contribution is -0.142. The van der Waals surface area contributed by atoms with Crippen LogP contribution in [-0.2, 0) is 25.5 Å². The molecular weight excluding hydrogens is 695 g/mol. The predicted molar refractivity (Wildman–Crippen MR) is 181 cm³/mol. The molecule has 3 heterocycles. The van der Waals surface area contributed by atoms with Crippen molar-refractivity contribution in [2.75, 3.05) is 0 Å². The Morgan fingerprint density at radius 3 is 2.18 bits per heavy atom. The Kier molecular flexibility index (Phi) is 9.63. The van der Waals surface area contributed by atoms with Gasteiger partial charge < -0.3 is 41.1 Å². The summed E-state index contributed by atoms with van der Waals surface area (Å²) in [6.07, 6.45) is 0.275. The minimum Gasteiger partial charge on any atom is -0.505 e. The number of carboxylic acid groups (broad SMARTS) is 1. The molecule has 3 amide bonds. The van der Waals surface area contributed by atoms with Crippen LogP contribution in [-0.4, -0.2) is 66.4 Å². The summed E-state index contributed by atoms with van der Waals surface area (Å²) in [5, 5.41) is 49.2. The number of carbonyl (C=O) groups is 5. The molecule has 0 unspecified atom stereocenters. The fraction of sp³-hybridized carbons (Fsp3) is 0.265. The Morgan fingerprint density at radius 2 is 1.58 bits per heavy atom. The Balaban J connectivity index is 1.76. The highest BCUT2D eigenvalue weighted by Gasteiger charge is 2.34. The minimum absolute atomic E-state index is 0.0150. The van der Waals surface area contributed by atoms with Gasteiger partial charge >= 0.3 is 12.1 Å². The lowest BCUT2D eigenvalue weighted by Gasteiger charge is -2.27. The average Bonchev–Trinajstić information content (AvgIpc) is 3.38. The number of hydrogen-bond donors (Lipinski definition) is 7. The molecule has 16 heteroatoms. The summed E-state index contributed by atoms with van der Waals surface area (Å²) >= 11 is 12.3. The number of benzene rings is 3. The average molecular weight is 728 g/mol. The molecule has 1 aromatic heterocycles. The third-order valence-corrected chi connectivity index (χ3v) is 8.45. The smallest absolute Gasteiger partial charge is 0.408 e. The molecule has 3 aromatic carbocycles. The largest absolute Gasteiger partial charge is 0.505 e. The van der Waals surface area contributed by atoms with Gasteiger partial charge in [0.15, 0.2) is 23.3 Å². The number of carboxylic acids is 1. The van der Waals surface area contributed by atoms with Crippen molar-refractivity contribution in [3.63, 3.8) is 0 Å². The predicted octanol–water partition coefficient (Wildman–Crippen LogP) is 4.94. The highest BCUT2D eigenvalue weighted by Crippen LogP contribution is 2.41. The minimum atomic E-state index is -1.85. The van der Waals surface area contributed by atoms with E-state index in [9.17, 15) is 44.4 Å². The molecule has 6 rings (SSSR count). The molecule has 6 bridgehead atoms. The molecule has 0 saturated heterocycles. The van der Waals surface area contributed by atoms with Gasteiger partial charge in [0.1, 0.15) is 17.7 Å². The number of aliphatic carboxylic acids is 1. The zero-order valence-electron chi connectivity index (χ0n) is 27.0. The van der Waals surface area contributed by atoms with Crippen LogP contribution >= 0.6 is 23.2 Å². The quantitative estimate of drug-likeness (QED) is 0.141. The van der Waals surface area contributed by atoms with Gasteiger partial charge in [0.2, 0.25) is 17.7 Å². The maximum absolute atomic E-state index is 14.1. The van der Waals surface area contributed by atoms with Crippen LogP contribution in [0, 0.1) is 0 Å². The van der Waals surface area contributed by atoms with E-state index in [1.54, 1.807) is 32.9 Å². The number of phenolic OH excluding ortho intramolecular Hbond substituents is 3. The zero-order valence-corrected chi connectivity index (χ0v) is 28.5. The first-order valence-electron chi connectivity index (χ1n) is 15.1. The van der Waals surface area contributed by atoms with Crippen molar-refractivity contribution >= 4 is 63.9 Å². The van der Waals surface area contributed by atoms with Crippen LogP contribution in [0.3, 0.4) is 0 Å². The Hall–Kier alpha value is -5.47. The van der Waals surface area contributed by atoms with E-state index in [0.717, 1.165) is 18.2 Å². The fourth-order valence-corrected chi connectivity index (χ4v) is 6.11. The summed E-state index contributed by atoms with van der Waals surface area (Å²) in [5.74, 6) is -5.81. The van der Waals surface area contributed by atoms with Gasteiger partial charge in [-0.2, -0.15) is 0 Å². The lowest BCUT2D eigenvalue weighted by Crippen LogP contribution is -2.52.